The topological polar surface area (TPSA) is 66.0 Å². The molecule has 0 aliphatic rings. The van der Waals surface area contributed by atoms with E-state index in [1.165, 1.54) is 11.1 Å². The highest BCUT2D eigenvalue weighted by Gasteiger charge is 2.04. The highest BCUT2D eigenvalue weighted by Crippen LogP contribution is 2.16. The molecule has 2 N–H and O–H groups in total. The normalized spacial score (nSPS) is 12.4. The maximum atomic E-state index is 5.76. The average Bonchev–Trinajstić information content (AvgIpc) is 2.82. The minimum Gasteiger partial charge on any atom is -0.494 e. The molecule has 1 aromatic carbocycles. The van der Waals surface area contributed by atoms with Gasteiger partial charge in [-0.05, 0) is 44.0 Å². The predicted octanol–water partition coefficient (Wildman–Crippen LogP) is 2.38. The van der Waals surface area contributed by atoms with Crippen LogP contribution in [0.25, 0.3) is 0 Å². The number of hydrogen-bond donors (Lipinski definition) is 1. The minimum atomic E-state index is -0.0738. The molecule has 0 saturated heterocycles. The van der Waals surface area contributed by atoms with E-state index in [0.29, 0.717) is 6.61 Å². The Hall–Kier alpha value is -1.88. The largest absolute Gasteiger partial charge is 0.494 e. The molecule has 0 amide bonds. The summed E-state index contributed by atoms with van der Waals surface area (Å²) in [7, 11) is 0. The highest BCUT2D eigenvalue weighted by atomic mass is 16.5. The second kappa shape index (κ2) is 6.52. The van der Waals surface area contributed by atoms with E-state index in [1.54, 1.807) is 0 Å². The molecule has 0 saturated carbocycles. The van der Waals surface area contributed by atoms with E-state index in [1.807, 2.05) is 17.8 Å². The van der Waals surface area contributed by atoms with Crippen molar-refractivity contribution in [3.8, 4) is 5.75 Å². The van der Waals surface area contributed by atoms with Gasteiger partial charge in [0.1, 0.15) is 5.75 Å². The Kier molecular flexibility index (Phi) is 4.74. The smallest absolute Gasteiger partial charge is 0.119 e. The molecule has 5 heteroatoms. The Morgan fingerprint density at radius 1 is 1.25 bits per heavy atom. The first-order valence-electron chi connectivity index (χ1n) is 6.91. The number of ether oxygens (including phenoxy) is 1. The van der Waals surface area contributed by atoms with Crippen molar-refractivity contribution in [1.29, 1.82) is 0 Å². The van der Waals surface area contributed by atoms with E-state index < -0.39 is 0 Å². The molecule has 2 rings (SSSR count). The number of hydrogen-bond acceptors (Lipinski definition) is 4. The van der Waals surface area contributed by atoms with E-state index in [-0.39, 0.29) is 6.04 Å². The molecule has 1 aromatic heterocycles. The molecule has 2 aromatic rings. The van der Waals surface area contributed by atoms with Gasteiger partial charge in [0.25, 0.3) is 0 Å². The number of nitrogens with two attached hydrogens (primary N) is 1. The number of benzene rings is 1. The molecule has 108 valence electrons. The van der Waals surface area contributed by atoms with Crippen LogP contribution in [0.1, 0.15) is 36.2 Å². The fourth-order valence-electron chi connectivity index (χ4n) is 2.06. The molecule has 0 aliphatic heterocycles. The van der Waals surface area contributed by atoms with Crippen molar-refractivity contribution in [3.63, 3.8) is 0 Å². The van der Waals surface area contributed by atoms with E-state index >= 15 is 0 Å². The Bertz CT molecular complexity index is 543. The molecule has 1 atom stereocenters. The number of aryl methyl sites for hydroxylation is 3. The fourth-order valence-corrected chi connectivity index (χ4v) is 2.06. The summed E-state index contributed by atoms with van der Waals surface area (Å²) in [5, 5.41) is 8.06. The second-order valence-corrected chi connectivity index (χ2v) is 5.22. The van der Waals surface area contributed by atoms with Gasteiger partial charge in [0.15, 0.2) is 0 Å². The Morgan fingerprint density at radius 3 is 2.55 bits per heavy atom. The van der Waals surface area contributed by atoms with Crippen LogP contribution in [-0.2, 0) is 6.54 Å². The van der Waals surface area contributed by atoms with Crippen LogP contribution in [0.15, 0.2) is 24.4 Å². The number of aromatic nitrogens is 3. The third kappa shape index (κ3) is 4.06. The quantitative estimate of drug-likeness (QED) is 0.821. The third-order valence-corrected chi connectivity index (χ3v) is 3.02. The first-order valence-corrected chi connectivity index (χ1v) is 6.91. The van der Waals surface area contributed by atoms with Crippen molar-refractivity contribution in [2.24, 2.45) is 5.73 Å². The Morgan fingerprint density at radius 2 is 1.95 bits per heavy atom. The molecular formula is C15H22N4O. The lowest BCUT2D eigenvalue weighted by atomic mass is 10.1. The molecule has 20 heavy (non-hydrogen) atoms. The first kappa shape index (κ1) is 14.5. The van der Waals surface area contributed by atoms with E-state index in [2.05, 4.69) is 42.4 Å². The van der Waals surface area contributed by atoms with Crippen LogP contribution in [0.4, 0.5) is 0 Å². The summed E-state index contributed by atoms with van der Waals surface area (Å²) in [6, 6.07) is 6.17. The van der Waals surface area contributed by atoms with Crippen molar-refractivity contribution >= 4 is 0 Å². The van der Waals surface area contributed by atoms with Gasteiger partial charge in [-0.15, -0.1) is 5.10 Å². The van der Waals surface area contributed by atoms with E-state index in [4.69, 9.17) is 10.5 Å². The van der Waals surface area contributed by atoms with Crippen molar-refractivity contribution in [1.82, 2.24) is 15.0 Å². The summed E-state index contributed by atoms with van der Waals surface area (Å²) in [4.78, 5) is 0. The predicted molar refractivity (Wildman–Crippen MR) is 78.7 cm³/mol. The van der Waals surface area contributed by atoms with Crippen molar-refractivity contribution in [3.05, 3.63) is 41.2 Å². The minimum absolute atomic E-state index is 0.0738. The van der Waals surface area contributed by atoms with E-state index in [0.717, 1.165) is 24.4 Å². The van der Waals surface area contributed by atoms with Crippen LogP contribution in [0.5, 0.6) is 5.75 Å². The van der Waals surface area contributed by atoms with Gasteiger partial charge in [-0.3, -0.25) is 4.68 Å². The van der Waals surface area contributed by atoms with Gasteiger partial charge in [-0.25, -0.2) is 0 Å². The highest BCUT2D eigenvalue weighted by molar-refractivity contribution is 5.32. The zero-order valence-electron chi connectivity index (χ0n) is 12.3. The zero-order chi connectivity index (χ0) is 14.5. The molecule has 0 radical (unpaired) electrons. The van der Waals surface area contributed by atoms with Crippen molar-refractivity contribution < 1.29 is 4.74 Å². The van der Waals surface area contributed by atoms with Gasteiger partial charge in [-0.1, -0.05) is 11.3 Å². The van der Waals surface area contributed by atoms with Gasteiger partial charge in [0.2, 0.25) is 0 Å². The van der Waals surface area contributed by atoms with Crippen molar-refractivity contribution in [2.45, 2.75) is 39.8 Å². The van der Waals surface area contributed by atoms with Crippen LogP contribution in [0.3, 0.4) is 0 Å². The summed E-state index contributed by atoms with van der Waals surface area (Å²) < 4.78 is 7.57. The summed E-state index contributed by atoms with van der Waals surface area (Å²) >= 11 is 0. The second-order valence-electron chi connectivity index (χ2n) is 5.22. The summed E-state index contributed by atoms with van der Waals surface area (Å²) in [5.41, 5.74) is 9.01. The Labute approximate surface area is 119 Å². The van der Waals surface area contributed by atoms with Crippen LogP contribution in [-0.4, -0.2) is 21.6 Å². The fraction of sp³-hybridized carbons (Fsp3) is 0.467. The molecular weight excluding hydrogens is 252 g/mol. The third-order valence-electron chi connectivity index (χ3n) is 3.02. The lowest BCUT2D eigenvalue weighted by Gasteiger charge is -2.08. The molecule has 1 heterocycles. The first-order chi connectivity index (χ1) is 9.54. The number of nitrogens with zero attached hydrogens (tertiary/aromatic N) is 3. The lowest BCUT2D eigenvalue weighted by Crippen LogP contribution is -2.06. The maximum absolute atomic E-state index is 5.76. The lowest BCUT2D eigenvalue weighted by molar-refractivity contribution is 0.297. The number of rotatable bonds is 6. The molecule has 1 unspecified atom stereocenters. The molecule has 0 bridgehead atoms. The van der Waals surface area contributed by atoms with Gasteiger partial charge >= 0.3 is 0 Å². The van der Waals surface area contributed by atoms with Crippen molar-refractivity contribution in [2.75, 3.05) is 6.61 Å². The molecule has 5 nitrogen and oxygen atoms in total. The molecule has 0 fully saturated rings. The monoisotopic (exact) mass is 274 g/mol. The van der Waals surface area contributed by atoms with Crippen LogP contribution >= 0.6 is 0 Å². The zero-order valence-corrected chi connectivity index (χ0v) is 12.3. The van der Waals surface area contributed by atoms with Gasteiger partial charge in [-0.2, -0.15) is 0 Å². The Balaban J connectivity index is 1.78. The van der Waals surface area contributed by atoms with Gasteiger partial charge in [0.05, 0.1) is 18.5 Å². The van der Waals surface area contributed by atoms with Crippen LogP contribution in [0.2, 0.25) is 0 Å². The summed E-state index contributed by atoms with van der Waals surface area (Å²) in [5.74, 6) is 0.928. The SMILES string of the molecule is Cc1cc(C)cc(OCCCn2cc(C(C)N)nn2)c1. The van der Waals surface area contributed by atoms with Gasteiger partial charge < -0.3 is 10.5 Å². The maximum Gasteiger partial charge on any atom is 0.119 e. The average molecular weight is 274 g/mol. The summed E-state index contributed by atoms with van der Waals surface area (Å²) in [6.45, 7) is 7.49. The molecule has 0 aliphatic carbocycles. The standard InChI is InChI=1S/C15H22N4O/c1-11-7-12(2)9-14(8-11)20-6-4-5-19-10-15(13(3)16)17-18-19/h7-10,13H,4-6,16H2,1-3H3. The summed E-state index contributed by atoms with van der Waals surface area (Å²) in [6.07, 6.45) is 2.77. The molecule has 0 spiro atoms. The van der Waals surface area contributed by atoms with Gasteiger partial charge in [0, 0.05) is 19.0 Å². The van der Waals surface area contributed by atoms with E-state index in [9.17, 15) is 0 Å². The van der Waals surface area contributed by atoms with Crippen LogP contribution < -0.4 is 10.5 Å². The van der Waals surface area contributed by atoms with Crippen LogP contribution in [0, 0.1) is 13.8 Å².